The Morgan fingerprint density at radius 1 is 1.32 bits per heavy atom. The molecule has 9 heteroatoms. The maximum Gasteiger partial charge on any atom is 0.461 e. The third-order valence-corrected chi connectivity index (χ3v) is 2.51. The second-order valence-corrected chi connectivity index (χ2v) is 4.12. The predicted molar refractivity (Wildman–Crippen MR) is 73.4 cm³/mol. The predicted octanol–water partition coefficient (Wildman–Crippen LogP) is 3.30. The van der Waals surface area contributed by atoms with Crippen LogP contribution in [0, 0.1) is 0 Å². The highest BCUT2D eigenvalue weighted by Crippen LogP contribution is 2.32. The van der Waals surface area contributed by atoms with Gasteiger partial charge in [0.1, 0.15) is 5.75 Å². The first-order valence-electron chi connectivity index (χ1n) is 6.13. The largest absolute Gasteiger partial charge is 0.466 e. The molecule has 0 heterocycles. The quantitative estimate of drug-likeness (QED) is 0.608. The average Bonchev–Trinajstić information content (AvgIpc) is 2.38. The number of benzene rings is 1. The number of rotatable bonds is 7. The van der Waals surface area contributed by atoms with Crippen LogP contribution < -0.4 is 10.5 Å². The van der Waals surface area contributed by atoms with Gasteiger partial charge in [0.05, 0.1) is 13.0 Å². The van der Waals surface area contributed by atoms with E-state index in [1.807, 2.05) is 0 Å². The molecule has 1 aromatic rings. The lowest BCUT2D eigenvalue weighted by molar-refractivity contribution is -0.253. The van der Waals surface area contributed by atoms with E-state index in [-0.39, 0.29) is 31.0 Å². The summed E-state index contributed by atoms with van der Waals surface area (Å²) in [4.78, 5) is 11.3. The van der Waals surface area contributed by atoms with Crippen molar-refractivity contribution in [3.8, 4) is 5.75 Å². The fraction of sp³-hybridized carbons (Fsp3) is 0.462. The van der Waals surface area contributed by atoms with E-state index in [4.69, 9.17) is 5.73 Å². The van der Waals surface area contributed by atoms with Gasteiger partial charge >= 0.3 is 18.5 Å². The van der Waals surface area contributed by atoms with Crippen molar-refractivity contribution in [2.45, 2.75) is 31.9 Å². The first-order chi connectivity index (χ1) is 9.77. The normalized spacial score (nSPS) is 12.5. The molecule has 0 amide bonds. The Kier molecular flexibility index (Phi) is 8.18. The van der Waals surface area contributed by atoms with E-state index in [0.29, 0.717) is 0 Å². The number of para-hydroxylation sites is 1. The van der Waals surface area contributed by atoms with E-state index < -0.39 is 30.3 Å². The van der Waals surface area contributed by atoms with Gasteiger partial charge < -0.3 is 15.2 Å². The van der Waals surface area contributed by atoms with Gasteiger partial charge in [-0.2, -0.15) is 17.6 Å². The highest BCUT2D eigenvalue weighted by atomic mass is 35.5. The Hall–Kier alpha value is -1.54. The summed E-state index contributed by atoms with van der Waals surface area (Å²) >= 11 is 0. The molecule has 1 aromatic carbocycles. The minimum atomic E-state index is -4.64. The molecule has 0 unspecified atom stereocenters. The van der Waals surface area contributed by atoms with Gasteiger partial charge in [-0.25, -0.2) is 0 Å². The zero-order valence-electron chi connectivity index (χ0n) is 11.6. The SMILES string of the molecule is CCOC(=O)C[C@H](N)c1ccccc1OC(F)(F)C(F)F.Cl. The Bertz CT molecular complexity index is 488. The minimum absolute atomic E-state index is 0. The lowest BCUT2D eigenvalue weighted by atomic mass is 10.0. The van der Waals surface area contributed by atoms with Crippen molar-refractivity contribution in [3.05, 3.63) is 29.8 Å². The first-order valence-corrected chi connectivity index (χ1v) is 6.13. The fourth-order valence-electron chi connectivity index (χ4n) is 1.58. The summed E-state index contributed by atoms with van der Waals surface area (Å²) in [5.74, 6) is -1.12. The highest BCUT2D eigenvalue weighted by molar-refractivity contribution is 5.85. The molecule has 1 atom stereocenters. The van der Waals surface area contributed by atoms with Gasteiger partial charge in [-0.15, -0.1) is 12.4 Å². The van der Waals surface area contributed by atoms with Crippen LogP contribution in [0.5, 0.6) is 5.75 Å². The number of alkyl halides is 4. The van der Waals surface area contributed by atoms with Crippen molar-refractivity contribution in [2.24, 2.45) is 5.73 Å². The number of hydrogen-bond donors (Lipinski definition) is 1. The molecule has 0 aromatic heterocycles. The summed E-state index contributed by atoms with van der Waals surface area (Å²) in [6.45, 7) is 1.75. The molecule has 0 aliphatic carbocycles. The summed E-state index contributed by atoms with van der Waals surface area (Å²) in [7, 11) is 0. The maximum atomic E-state index is 13.0. The molecule has 0 aliphatic rings. The molecule has 0 aliphatic heterocycles. The second-order valence-electron chi connectivity index (χ2n) is 4.12. The Morgan fingerprint density at radius 2 is 1.91 bits per heavy atom. The van der Waals surface area contributed by atoms with Crippen molar-refractivity contribution in [2.75, 3.05) is 6.61 Å². The van der Waals surface area contributed by atoms with Crippen LogP contribution in [0.25, 0.3) is 0 Å². The summed E-state index contributed by atoms with van der Waals surface area (Å²) in [6, 6.07) is 4.19. The monoisotopic (exact) mass is 345 g/mol. The lowest BCUT2D eigenvalue weighted by Gasteiger charge is -2.21. The molecule has 1 rings (SSSR count). The maximum absolute atomic E-state index is 13.0. The van der Waals surface area contributed by atoms with E-state index in [2.05, 4.69) is 9.47 Å². The van der Waals surface area contributed by atoms with E-state index in [0.717, 1.165) is 6.07 Å². The molecule has 0 bridgehead atoms. The molecule has 0 saturated heterocycles. The van der Waals surface area contributed by atoms with Crippen LogP contribution in [0.1, 0.15) is 24.9 Å². The number of carbonyl (C=O) groups excluding carboxylic acids is 1. The fourth-order valence-corrected chi connectivity index (χ4v) is 1.58. The Balaban J connectivity index is 0.00000441. The van der Waals surface area contributed by atoms with E-state index in [9.17, 15) is 22.4 Å². The number of hydrogen-bond acceptors (Lipinski definition) is 4. The van der Waals surface area contributed by atoms with Crippen molar-refractivity contribution < 1.29 is 31.8 Å². The zero-order chi connectivity index (χ0) is 16.0. The summed E-state index contributed by atoms with van der Waals surface area (Å²) < 4.78 is 59.0. The molecule has 0 fully saturated rings. The van der Waals surface area contributed by atoms with Gasteiger partial charge in [-0.1, -0.05) is 18.2 Å². The Morgan fingerprint density at radius 3 is 2.45 bits per heavy atom. The minimum Gasteiger partial charge on any atom is -0.466 e. The number of esters is 1. The van der Waals surface area contributed by atoms with Crippen molar-refractivity contribution in [1.82, 2.24) is 0 Å². The topological polar surface area (TPSA) is 61.5 Å². The van der Waals surface area contributed by atoms with Gasteiger partial charge in [0.2, 0.25) is 0 Å². The molecule has 22 heavy (non-hydrogen) atoms. The van der Waals surface area contributed by atoms with E-state index in [1.54, 1.807) is 6.92 Å². The van der Waals surface area contributed by atoms with Gasteiger partial charge in [0.15, 0.2) is 0 Å². The number of halogens is 5. The van der Waals surface area contributed by atoms with Crippen LogP contribution >= 0.6 is 12.4 Å². The number of carbonyl (C=O) groups is 1. The Labute approximate surface area is 131 Å². The zero-order valence-corrected chi connectivity index (χ0v) is 12.4. The van der Waals surface area contributed by atoms with Crippen LogP contribution in [0.4, 0.5) is 17.6 Å². The lowest BCUT2D eigenvalue weighted by Crippen LogP contribution is -2.34. The third kappa shape index (κ3) is 5.69. The van der Waals surface area contributed by atoms with Crippen molar-refractivity contribution >= 4 is 18.4 Å². The molecule has 4 nitrogen and oxygen atoms in total. The number of nitrogens with two attached hydrogens (primary N) is 1. The smallest absolute Gasteiger partial charge is 0.461 e. The molecule has 126 valence electrons. The van der Waals surface area contributed by atoms with Crippen LogP contribution in [0.15, 0.2) is 24.3 Å². The van der Waals surface area contributed by atoms with Gasteiger partial charge in [0, 0.05) is 11.6 Å². The van der Waals surface area contributed by atoms with E-state index >= 15 is 0 Å². The van der Waals surface area contributed by atoms with Crippen molar-refractivity contribution in [1.29, 1.82) is 0 Å². The van der Waals surface area contributed by atoms with Gasteiger partial charge in [-0.3, -0.25) is 4.79 Å². The van der Waals surface area contributed by atoms with Crippen molar-refractivity contribution in [3.63, 3.8) is 0 Å². The molecule has 0 radical (unpaired) electrons. The van der Waals surface area contributed by atoms with Crippen LogP contribution in [-0.4, -0.2) is 25.1 Å². The average molecular weight is 346 g/mol. The van der Waals surface area contributed by atoms with Crippen LogP contribution in [0.3, 0.4) is 0 Å². The summed E-state index contributed by atoms with van der Waals surface area (Å²) in [5, 5.41) is 0. The molecular formula is C13H16ClF4NO3. The highest BCUT2D eigenvalue weighted by Gasteiger charge is 2.44. The molecular weight excluding hydrogens is 330 g/mol. The van der Waals surface area contributed by atoms with Crippen LogP contribution in [-0.2, 0) is 9.53 Å². The van der Waals surface area contributed by atoms with Gasteiger partial charge in [-0.05, 0) is 13.0 Å². The van der Waals surface area contributed by atoms with Crippen LogP contribution in [0.2, 0.25) is 0 Å². The standard InChI is InChI=1S/C13H15F4NO3.ClH/c1-2-20-11(19)7-9(18)8-5-3-4-6-10(8)21-13(16,17)12(14)15;/h3-6,9,12H,2,7,18H2,1H3;1H/t9-;/m0./s1. The second kappa shape index (κ2) is 8.79. The third-order valence-electron chi connectivity index (χ3n) is 2.51. The first kappa shape index (κ1) is 20.5. The number of ether oxygens (including phenoxy) is 2. The molecule has 2 N–H and O–H groups in total. The van der Waals surface area contributed by atoms with E-state index in [1.165, 1.54) is 18.2 Å². The molecule has 0 saturated carbocycles. The molecule has 0 spiro atoms. The summed E-state index contributed by atoms with van der Waals surface area (Å²) in [6.07, 6.45) is -8.90. The van der Waals surface area contributed by atoms with Gasteiger partial charge in [0.25, 0.3) is 0 Å². The summed E-state index contributed by atoms with van der Waals surface area (Å²) in [5.41, 5.74) is 5.73.